The molecule has 2 bridgehead atoms. The molecule has 4 aliphatic rings. The molecule has 4 heteroatoms. The van der Waals surface area contributed by atoms with Crippen LogP contribution in [0.3, 0.4) is 0 Å². The van der Waals surface area contributed by atoms with E-state index in [2.05, 4.69) is 20.8 Å². The zero-order chi connectivity index (χ0) is 18.7. The Kier molecular flexibility index (Phi) is 4.20. The highest BCUT2D eigenvalue weighted by molar-refractivity contribution is 5.74. The van der Waals surface area contributed by atoms with Crippen molar-refractivity contribution in [3.8, 4) is 0 Å². The second-order valence-electron chi connectivity index (χ2n) is 10.4. The van der Waals surface area contributed by atoms with Gasteiger partial charge < -0.3 is 9.47 Å². The molecule has 6 atom stereocenters. The largest absolute Gasteiger partial charge is 0.466 e. The van der Waals surface area contributed by atoms with E-state index in [1.165, 1.54) is 32.6 Å². The molecule has 0 aromatic heterocycles. The summed E-state index contributed by atoms with van der Waals surface area (Å²) >= 11 is 0. The minimum absolute atomic E-state index is 0.00491. The van der Waals surface area contributed by atoms with Crippen LogP contribution >= 0.6 is 0 Å². The highest BCUT2D eigenvalue weighted by Gasteiger charge is 2.66. The van der Waals surface area contributed by atoms with Crippen molar-refractivity contribution < 1.29 is 19.1 Å². The monoisotopic (exact) mass is 362 g/mol. The van der Waals surface area contributed by atoms with Gasteiger partial charge in [0, 0.05) is 18.3 Å². The Hall–Kier alpha value is -1.06. The Balaban J connectivity index is 1.71. The molecule has 0 aromatic carbocycles. The van der Waals surface area contributed by atoms with E-state index >= 15 is 0 Å². The standard InChI is InChI=1S/C22H34O4/c1-14(23)25-12-16-15-6-7-18-21(4)10-5-9-20(2,3)17(21)8-11-22(16,18)13-26-19(15)24/h15-18H,5-13H2,1-4H3/t15-,16-,17+,18-,21+,22-/m1/s1. The Bertz CT molecular complexity index is 611. The van der Waals surface area contributed by atoms with Crippen LogP contribution in [0, 0.1) is 39.9 Å². The third kappa shape index (κ3) is 2.46. The number of cyclic esters (lactones) is 1. The van der Waals surface area contributed by atoms with E-state index in [4.69, 9.17) is 9.47 Å². The molecular weight excluding hydrogens is 328 g/mol. The zero-order valence-corrected chi connectivity index (χ0v) is 16.8. The molecule has 4 fully saturated rings. The van der Waals surface area contributed by atoms with Crippen LogP contribution < -0.4 is 0 Å². The van der Waals surface area contributed by atoms with E-state index in [0.29, 0.717) is 30.0 Å². The van der Waals surface area contributed by atoms with Crippen LogP contribution in [0.4, 0.5) is 0 Å². The molecule has 1 spiro atoms. The Labute approximate surface area is 157 Å². The molecule has 1 saturated heterocycles. The van der Waals surface area contributed by atoms with Gasteiger partial charge in [-0.25, -0.2) is 0 Å². The summed E-state index contributed by atoms with van der Waals surface area (Å²) in [6.07, 6.45) is 8.23. The summed E-state index contributed by atoms with van der Waals surface area (Å²) in [5.41, 5.74) is 0.705. The summed E-state index contributed by atoms with van der Waals surface area (Å²) in [6.45, 7) is 9.81. The number of carbonyl (C=O) groups is 2. The van der Waals surface area contributed by atoms with Crippen LogP contribution in [0.25, 0.3) is 0 Å². The molecular formula is C22H34O4. The van der Waals surface area contributed by atoms with Gasteiger partial charge in [0.05, 0.1) is 19.1 Å². The van der Waals surface area contributed by atoms with E-state index in [1.54, 1.807) is 0 Å². The van der Waals surface area contributed by atoms with Gasteiger partial charge in [-0.3, -0.25) is 9.59 Å². The first kappa shape index (κ1) is 18.3. The first-order valence-corrected chi connectivity index (χ1v) is 10.5. The summed E-state index contributed by atoms with van der Waals surface area (Å²) in [6, 6.07) is 0. The summed E-state index contributed by atoms with van der Waals surface area (Å²) in [7, 11) is 0. The Morgan fingerprint density at radius 1 is 1.12 bits per heavy atom. The molecule has 1 aliphatic heterocycles. The van der Waals surface area contributed by atoms with Gasteiger partial charge in [-0.15, -0.1) is 0 Å². The summed E-state index contributed by atoms with van der Waals surface area (Å²) in [5.74, 6) is 1.04. The SMILES string of the molecule is CC(=O)OC[C@@H]1[C@H]2CC[C@@H]3[C@@]4(C)CCCC(C)(C)[C@@H]4CC[C@@]13COC2=O. The number of carbonyl (C=O) groups excluding carboxylic acids is 2. The van der Waals surface area contributed by atoms with Crippen molar-refractivity contribution in [3.63, 3.8) is 0 Å². The molecule has 146 valence electrons. The average Bonchev–Trinajstić information content (AvgIpc) is 2.55. The molecule has 0 amide bonds. The van der Waals surface area contributed by atoms with Crippen molar-refractivity contribution >= 4 is 11.9 Å². The smallest absolute Gasteiger partial charge is 0.309 e. The topological polar surface area (TPSA) is 52.6 Å². The van der Waals surface area contributed by atoms with Crippen LogP contribution in [-0.4, -0.2) is 25.2 Å². The zero-order valence-electron chi connectivity index (χ0n) is 16.8. The van der Waals surface area contributed by atoms with Crippen molar-refractivity contribution in [3.05, 3.63) is 0 Å². The maximum absolute atomic E-state index is 12.4. The lowest BCUT2D eigenvalue weighted by Crippen LogP contribution is -2.65. The third-order valence-electron chi connectivity index (χ3n) is 8.91. The second kappa shape index (κ2) is 5.97. The number of fused-ring (bicyclic) bond motifs is 3. The normalized spacial score (nSPS) is 46.5. The molecule has 4 rings (SSSR count). The fourth-order valence-electron chi connectivity index (χ4n) is 7.92. The van der Waals surface area contributed by atoms with Gasteiger partial charge in [-0.2, -0.15) is 0 Å². The number of esters is 2. The molecule has 4 nitrogen and oxygen atoms in total. The fraction of sp³-hybridized carbons (Fsp3) is 0.909. The maximum atomic E-state index is 12.4. The maximum Gasteiger partial charge on any atom is 0.309 e. The molecule has 0 radical (unpaired) electrons. The van der Waals surface area contributed by atoms with Crippen molar-refractivity contribution in [2.45, 2.75) is 72.6 Å². The van der Waals surface area contributed by atoms with Gasteiger partial charge >= 0.3 is 11.9 Å². The molecule has 0 aromatic rings. The first-order chi connectivity index (χ1) is 12.2. The Morgan fingerprint density at radius 2 is 1.88 bits per heavy atom. The van der Waals surface area contributed by atoms with Crippen LogP contribution in [0.15, 0.2) is 0 Å². The highest BCUT2D eigenvalue weighted by Crippen LogP contribution is 2.70. The molecule has 3 saturated carbocycles. The van der Waals surface area contributed by atoms with Crippen LogP contribution in [0.2, 0.25) is 0 Å². The minimum atomic E-state index is -0.242. The van der Waals surface area contributed by atoms with Gasteiger partial charge in [-0.05, 0) is 61.2 Å². The third-order valence-corrected chi connectivity index (χ3v) is 8.91. The number of hydrogen-bond acceptors (Lipinski definition) is 4. The quantitative estimate of drug-likeness (QED) is 0.685. The lowest BCUT2D eigenvalue weighted by Gasteiger charge is -2.67. The van der Waals surface area contributed by atoms with E-state index in [0.717, 1.165) is 25.2 Å². The van der Waals surface area contributed by atoms with Gasteiger partial charge in [0.25, 0.3) is 0 Å². The average molecular weight is 363 g/mol. The predicted molar refractivity (Wildman–Crippen MR) is 98.2 cm³/mol. The molecule has 1 heterocycles. The van der Waals surface area contributed by atoms with E-state index in [-0.39, 0.29) is 29.2 Å². The number of hydrogen-bond donors (Lipinski definition) is 0. The number of rotatable bonds is 2. The van der Waals surface area contributed by atoms with Crippen LogP contribution in [-0.2, 0) is 19.1 Å². The van der Waals surface area contributed by atoms with E-state index in [9.17, 15) is 9.59 Å². The minimum Gasteiger partial charge on any atom is -0.466 e. The van der Waals surface area contributed by atoms with Gasteiger partial charge in [0.15, 0.2) is 0 Å². The van der Waals surface area contributed by atoms with Crippen LogP contribution in [0.5, 0.6) is 0 Å². The summed E-state index contributed by atoms with van der Waals surface area (Å²) in [5, 5.41) is 0. The van der Waals surface area contributed by atoms with Crippen molar-refractivity contribution in [2.24, 2.45) is 39.9 Å². The van der Waals surface area contributed by atoms with Gasteiger partial charge in [0.2, 0.25) is 0 Å². The van der Waals surface area contributed by atoms with Crippen LogP contribution in [0.1, 0.15) is 72.6 Å². The lowest BCUT2D eigenvalue weighted by atomic mass is 9.38. The number of ether oxygens (including phenoxy) is 2. The Morgan fingerprint density at radius 3 is 2.62 bits per heavy atom. The van der Waals surface area contributed by atoms with E-state index < -0.39 is 0 Å². The van der Waals surface area contributed by atoms with Crippen molar-refractivity contribution in [1.29, 1.82) is 0 Å². The second-order valence-corrected chi connectivity index (χ2v) is 10.4. The fourth-order valence-corrected chi connectivity index (χ4v) is 7.92. The highest BCUT2D eigenvalue weighted by atomic mass is 16.5. The molecule has 3 aliphatic carbocycles. The van der Waals surface area contributed by atoms with Gasteiger partial charge in [-0.1, -0.05) is 27.2 Å². The van der Waals surface area contributed by atoms with Gasteiger partial charge in [0.1, 0.15) is 0 Å². The molecule has 0 unspecified atom stereocenters. The summed E-state index contributed by atoms with van der Waals surface area (Å²) in [4.78, 5) is 23.9. The molecule has 26 heavy (non-hydrogen) atoms. The molecule has 0 N–H and O–H groups in total. The van der Waals surface area contributed by atoms with Crippen molar-refractivity contribution in [1.82, 2.24) is 0 Å². The lowest BCUT2D eigenvalue weighted by molar-refractivity contribution is -0.236. The van der Waals surface area contributed by atoms with Crippen molar-refractivity contribution in [2.75, 3.05) is 13.2 Å². The first-order valence-electron chi connectivity index (χ1n) is 10.5. The van der Waals surface area contributed by atoms with E-state index in [1.807, 2.05) is 0 Å². The summed E-state index contributed by atoms with van der Waals surface area (Å²) < 4.78 is 11.2. The predicted octanol–water partition coefficient (Wildman–Crippen LogP) is 4.36.